The van der Waals surface area contributed by atoms with E-state index in [0.717, 1.165) is 15.8 Å². The standard InChI is InChI=1S/C27H27N5O5S2/c1-17(33)37-13-12-30-26(34)20-8-5-9-21(16-20)39(35,36)32-23(15-18-6-4-7-19(14-18)25(28)29)27-31-22-10-2-3-11-24(22)38-27/h2-11,14,16,23,32H,12-13,15H2,1H3,(H3,28,29)(H,30,34). The number of amidine groups is 1. The molecule has 0 aliphatic carbocycles. The molecule has 0 saturated carbocycles. The number of nitrogens with one attached hydrogen (secondary N) is 3. The molecule has 10 nitrogen and oxygen atoms in total. The van der Waals surface area contributed by atoms with Gasteiger partial charge in [-0.05, 0) is 48.4 Å². The van der Waals surface area contributed by atoms with Crippen LogP contribution in [0.3, 0.4) is 0 Å². The number of rotatable bonds is 11. The Balaban J connectivity index is 1.60. The molecule has 4 aromatic rings. The van der Waals surface area contributed by atoms with E-state index in [1.165, 1.54) is 42.5 Å². The van der Waals surface area contributed by atoms with Crippen LogP contribution in [0.5, 0.6) is 0 Å². The Hall–Kier alpha value is -4.13. The summed E-state index contributed by atoms with van der Waals surface area (Å²) in [4.78, 5) is 28.0. The fourth-order valence-electron chi connectivity index (χ4n) is 3.84. The summed E-state index contributed by atoms with van der Waals surface area (Å²) in [6, 6.07) is 19.5. The largest absolute Gasteiger partial charge is 0.464 e. The Kier molecular flexibility index (Phi) is 8.69. The fourth-order valence-corrected chi connectivity index (χ4v) is 6.18. The maximum absolute atomic E-state index is 13.5. The number of ether oxygens (including phenoxy) is 1. The van der Waals surface area contributed by atoms with Gasteiger partial charge in [0.2, 0.25) is 10.0 Å². The molecule has 39 heavy (non-hydrogen) atoms. The summed E-state index contributed by atoms with van der Waals surface area (Å²) in [6.07, 6.45) is 0.260. The number of carbonyl (C=O) groups is 2. The second kappa shape index (κ2) is 12.2. The van der Waals surface area contributed by atoms with Crippen molar-refractivity contribution in [1.29, 1.82) is 5.41 Å². The van der Waals surface area contributed by atoms with Crippen molar-refractivity contribution in [2.45, 2.75) is 24.3 Å². The van der Waals surface area contributed by atoms with Crippen LogP contribution in [-0.2, 0) is 26.0 Å². The highest BCUT2D eigenvalue weighted by Crippen LogP contribution is 2.30. The number of nitrogens with two attached hydrogens (primary N) is 1. The first-order valence-corrected chi connectivity index (χ1v) is 14.2. The van der Waals surface area contributed by atoms with E-state index in [9.17, 15) is 18.0 Å². The molecule has 1 unspecified atom stereocenters. The van der Waals surface area contributed by atoms with Crippen molar-refractivity contribution in [3.8, 4) is 0 Å². The average Bonchev–Trinajstić information content (AvgIpc) is 3.35. The molecule has 0 saturated heterocycles. The summed E-state index contributed by atoms with van der Waals surface area (Å²) in [5.41, 5.74) is 7.86. The molecule has 0 radical (unpaired) electrons. The van der Waals surface area contributed by atoms with E-state index in [0.29, 0.717) is 10.6 Å². The quantitative estimate of drug-likeness (QED) is 0.0939. The lowest BCUT2D eigenvalue weighted by atomic mass is 10.0. The molecule has 202 valence electrons. The number of sulfonamides is 1. The van der Waals surface area contributed by atoms with Crippen molar-refractivity contribution in [1.82, 2.24) is 15.0 Å². The van der Waals surface area contributed by atoms with Crippen molar-refractivity contribution in [2.24, 2.45) is 5.73 Å². The van der Waals surface area contributed by atoms with Gasteiger partial charge < -0.3 is 15.8 Å². The molecule has 0 bridgehead atoms. The van der Waals surface area contributed by atoms with Crippen LogP contribution in [0.4, 0.5) is 0 Å². The Morgan fingerprint density at radius 1 is 1.05 bits per heavy atom. The van der Waals surface area contributed by atoms with Crippen LogP contribution in [0.25, 0.3) is 10.2 Å². The third kappa shape index (κ3) is 7.25. The summed E-state index contributed by atoms with van der Waals surface area (Å²) in [5.74, 6) is -1.04. The second-order valence-electron chi connectivity index (χ2n) is 8.64. The molecular weight excluding hydrogens is 538 g/mol. The zero-order valence-corrected chi connectivity index (χ0v) is 22.6. The van der Waals surface area contributed by atoms with Crippen LogP contribution in [0, 0.1) is 5.41 Å². The number of esters is 1. The van der Waals surface area contributed by atoms with Gasteiger partial charge >= 0.3 is 5.97 Å². The number of carbonyl (C=O) groups excluding carboxylic acids is 2. The minimum absolute atomic E-state index is 0.00922. The van der Waals surface area contributed by atoms with Gasteiger partial charge in [0.15, 0.2) is 0 Å². The van der Waals surface area contributed by atoms with E-state index in [2.05, 4.69) is 15.0 Å². The average molecular weight is 566 g/mol. The summed E-state index contributed by atoms with van der Waals surface area (Å²) in [5, 5.41) is 10.9. The number of thiazole rings is 1. The first-order chi connectivity index (χ1) is 18.6. The summed E-state index contributed by atoms with van der Waals surface area (Å²) in [7, 11) is -4.08. The van der Waals surface area contributed by atoms with Gasteiger partial charge in [0.1, 0.15) is 17.5 Å². The molecule has 1 heterocycles. The number of nitrogens with zero attached hydrogens (tertiary/aromatic N) is 1. The van der Waals surface area contributed by atoms with Crippen LogP contribution in [-0.4, -0.2) is 44.3 Å². The summed E-state index contributed by atoms with van der Waals surface area (Å²) in [6.45, 7) is 1.37. The number of para-hydroxylation sites is 1. The lowest BCUT2D eigenvalue weighted by molar-refractivity contribution is -0.140. The van der Waals surface area contributed by atoms with E-state index in [1.807, 2.05) is 30.3 Å². The smallest absolute Gasteiger partial charge is 0.302 e. The van der Waals surface area contributed by atoms with Crippen molar-refractivity contribution >= 4 is 49.3 Å². The Morgan fingerprint density at radius 3 is 2.54 bits per heavy atom. The maximum atomic E-state index is 13.5. The summed E-state index contributed by atoms with van der Waals surface area (Å²) < 4.78 is 35.5. The Bertz CT molecular complexity index is 1600. The summed E-state index contributed by atoms with van der Waals surface area (Å²) >= 11 is 1.39. The minimum atomic E-state index is -4.08. The highest BCUT2D eigenvalue weighted by atomic mass is 32.2. The van der Waals surface area contributed by atoms with Crippen molar-refractivity contribution in [2.75, 3.05) is 13.2 Å². The molecule has 0 aliphatic heterocycles. The molecule has 4 rings (SSSR count). The first kappa shape index (κ1) is 27.9. The van der Waals surface area contributed by atoms with Gasteiger partial charge in [-0.15, -0.1) is 11.3 Å². The van der Waals surface area contributed by atoms with Gasteiger partial charge in [-0.1, -0.05) is 36.4 Å². The number of benzene rings is 3. The number of hydrogen-bond acceptors (Lipinski definition) is 8. The number of nitrogen functional groups attached to an aromatic ring is 1. The third-order valence-corrected chi connectivity index (χ3v) is 8.30. The Morgan fingerprint density at radius 2 is 1.79 bits per heavy atom. The second-order valence-corrected chi connectivity index (χ2v) is 11.4. The van der Waals surface area contributed by atoms with E-state index in [4.69, 9.17) is 15.9 Å². The van der Waals surface area contributed by atoms with Gasteiger partial charge in [-0.25, -0.2) is 18.1 Å². The molecule has 0 spiro atoms. The lowest BCUT2D eigenvalue weighted by Crippen LogP contribution is -2.31. The highest BCUT2D eigenvalue weighted by molar-refractivity contribution is 7.89. The van der Waals surface area contributed by atoms with E-state index in [1.54, 1.807) is 18.2 Å². The molecular formula is C27H27N5O5S2. The number of hydrogen-bond donors (Lipinski definition) is 4. The lowest BCUT2D eigenvalue weighted by Gasteiger charge is -2.18. The third-order valence-electron chi connectivity index (χ3n) is 5.68. The van der Waals surface area contributed by atoms with Gasteiger partial charge in [-0.3, -0.25) is 15.0 Å². The highest BCUT2D eigenvalue weighted by Gasteiger charge is 2.25. The minimum Gasteiger partial charge on any atom is -0.464 e. The number of fused-ring (bicyclic) bond motifs is 1. The Labute approximate surface area is 229 Å². The number of aromatic nitrogens is 1. The zero-order valence-electron chi connectivity index (χ0n) is 21.0. The molecule has 12 heteroatoms. The maximum Gasteiger partial charge on any atom is 0.302 e. The van der Waals surface area contributed by atoms with Crippen molar-refractivity contribution in [3.63, 3.8) is 0 Å². The predicted molar refractivity (Wildman–Crippen MR) is 149 cm³/mol. The van der Waals surface area contributed by atoms with Gasteiger partial charge in [0.25, 0.3) is 5.91 Å². The predicted octanol–water partition coefficient (Wildman–Crippen LogP) is 3.14. The molecule has 1 atom stereocenters. The van der Waals surface area contributed by atoms with Crippen LogP contribution in [0.15, 0.2) is 77.7 Å². The van der Waals surface area contributed by atoms with Crippen LogP contribution in [0.1, 0.15) is 39.5 Å². The monoisotopic (exact) mass is 565 g/mol. The number of amides is 1. The van der Waals surface area contributed by atoms with Crippen LogP contribution in [0.2, 0.25) is 0 Å². The van der Waals surface area contributed by atoms with E-state index < -0.39 is 27.9 Å². The fraction of sp³-hybridized carbons (Fsp3) is 0.185. The van der Waals surface area contributed by atoms with Crippen molar-refractivity contribution in [3.05, 3.63) is 94.5 Å². The van der Waals surface area contributed by atoms with E-state index in [-0.39, 0.29) is 35.9 Å². The zero-order chi connectivity index (χ0) is 28.0. The van der Waals surface area contributed by atoms with Gasteiger partial charge in [-0.2, -0.15) is 0 Å². The SMILES string of the molecule is CC(=O)OCCNC(=O)c1cccc(S(=O)(=O)NC(Cc2cccc(C(=N)N)c2)c2nc3ccccc3s2)c1. The van der Waals surface area contributed by atoms with Crippen molar-refractivity contribution < 1.29 is 22.7 Å². The molecule has 3 aromatic carbocycles. The molecule has 0 aliphatic rings. The van der Waals surface area contributed by atoms with Gasteiger partial charge in [0, 0.05) is 18.1 Å². The normalized spacial score (nSPS) is 12.1. The van der Waals surface area contributed by atoms with Gasteiger partial charge in [0.05, 0.1) is 27.7 Å². The van der Waals surface area contributed by atoms with Crippen LogP contribution < -0.4 is 15.8 Å². The molecule has 1 amide bonds. The molecule has 0 fully saturated rings. The molecule has 5 N–H and O–H groups in total. The molecule has 1 aromatic heterocycles. The first-order valence-electron chi connectivity index (χ1n) is 11.9. The topological polar surface area (TPSA) is 164 Å². The van der Waals surface area contributed by atoms with Crippen LogP contribution >= 0.6 is 11.3 Å². The van der Waals surface area contributed by atoms with E-state index >= 15 is 0 Å².